The van der Waals surface area contributed by atoms with Gasteiger partial charge in [0.15, 0.2) is 0 Å². The maximum atomic E-state index is 12.7. The zero-order valence-corrected chi connectivity index (χ0v) is 14.6. The number of ether oxygens (including phenoxy) is 1. The molecule has 0 radical (unpaired) electrons. The first-order valence-electron chi connectivity index (χ1n) is 8.47. The van der Waals surface area contributed by atoms with Gasteiger partial charge in [-0.1, -0.05) is 12.1 Å². The highest BCUT2D eigenvalue weighted by Crippen LogP contribution is 2.34. The Morgan fingerprint density at radius 3 is 2.59 bits per heavy atom. The van der Waals surface area contributed by atoms with Crippen LogP contribution in [0.2, 0.25) is 0 Å². The van der Waals surface area contributed by atoms with Crippen molar-refractivity contribution in [1.29, 1.82) is 0 Å². The van der Waals surface area contributed by atoms with Gasteiger partial charge in [-0.25, -0.2) is 4.79 Å². The minimum Gasteiger partial charge on any atom is -0.453 e. The molecule has 1 fully saturated rings. The number of carbonyl (C=O) groups is 1. The Morgan fingerprint density at radius 2 is 2.04 bits per heavy atom. The van der Waals surface area contributed by atoms with Gasteiger partial charge in [0.2, 0.25) is 0 Å². The number of benzene rings is 1. The van der Waals surface area contributed by atoms with Crippen LogP contribution < -0.4 is 5.56 Å². The van der Waals surface area contributed by atoms with E-state index in [1.54, 1.807) is 4.90 Å². The Labute approximate surface area is 152 Å². The molecule has 1 saturated heterocycles. The fourth-order valence-corrected chi connectivity index (χ4v) is 3.46. The Kier molecular flexibility index (Phi) is 5.29. The van der Waals surface area contributed by atoms with E-state index < -0.39 is 17.8 Å². The quantitative estimate of drug-likeness (QED) is 0.878. The number of hydrogen-bond acceptors (Lipinski definition) is 4. The predicted molar refractivity (Wildman–Crippen MR) is 89.4 cm³/mol. The van der Waals surface area contributed by atoms with Crippen LogP contribution in [0, 0.1) is 0 Å². The number of halogens is 3. The summed E-state index contributed by atoms with van der Waals surface area (Å²) in [6.45, 7) is 0.400. The lowest BCUT2D eigenvalue weighted by atomic mass is 9.86. The van der Waals surface area contributed by atoms with Crippen molar-refractivity contribution < 1.29 is 27.2 Å². The molecule has 0 spiro atoms. The number of aromatic amines is 1. The third kappa shape index (κ3) is 4.35. The Balaban J connectivity index is 1.79. The maximum absolute atomic E-state index is 12.7. The van der Waals surface area contributed by atoms with Gasteiger partial charge < -0.3 is 14.2 Å². The van der Waals surface area contributed by atoms with Crippen molar-refractivity contribution in [1.82, 2.24) is 10.1 Å². The van der Waals surface area contributed by atoms with Crippen molar-refractivity contribution in [2.24, 2.45) is 0 Å². The van der Waals surface area contributed by atoms with Crippen LogP contribution in [0.25, 0.3) is 0 Å². The fraction of sp³-hybridized carbons (Fsp3) is 0.444. The Bertz CT molecular complexity index is 841. The van der Waals surface area contributed by atoms with Crippen molar-refractivity contribution in [3.05, 3.63) is 57.6 Å². The number of alkyl halides is 3. The van der Waals surface area contributed by atoms with Gasteiger partial charge in [-0.3, -0.25) is 4.79 Å². The van der Waals surface area contributed by atoms with Gasteiger partial charge >= 0.3 is 12.3 Å². The van der Waals surface area contributed by atoms with Crippen molar-refractivity contribution in [2.75, 3.05) is 13.7 Å². The molecule has 0 aliphatic carbocycles. The van der Waals surface area contributed by atoms with Crippen molar-refractivity contribution in [3.63, 3.8) is 0 Å². The molecule has 1 aliphatic rings. The van der Waals surface area contributed by atoms with Crippen molar-refractivity contribution >= 4 is 6.09 Å². The number of rotatable bonds is 3. The minimum absolute atomic E-state index is 0.0655. The molecule has 0 unspecified atom stereocenters. The predicted octanol–water partition coefficient (Wildman–Crippen LogP) is 3.54. The number of piperidine rings is 1. The topological polar surface area (TPSA) is 75.5 Å². The molecule has 6 nitrogen and oxygen atoms in total. The van der Waals surface area contributed by atoms with E-state index in [9.17, 15) is 22.8 Å². The summed E-state index contributed by atoms with van der Waals surface area (Å²) in [5, 5.41) is 2.25. The van der Waals surface area contributed by atoms with E-state index in [1.807, 2.05) is 0 Å². The third-order valence-corrected chi connectivity index (χ3v) is 4.82. The summed E-state index contributed by atoms with van der Waals surface area (Å²) in [5.41, 5.74) is -0.371. The molecule has 2 atom stereocenters. The first-order chi connectivity index (χ1) is 12.8. The summed E-state index contributed by atoms with van der Waals surface area (Å²) >= 11 is 0. The van der Waals surface area contributed by atoms with Crippen molar-refractivity contribution in [3.8, 4) is 0 Å². The van der Waals surface area contributed by atoms with Gasteiger partial charge in [-0.05, 0) is 37.0 Å². The summed E-state index contributed by atoms with van der Waals surface area (Å²) in [6, 6.07) is 5.99. The third-order valence-electron chi connectivity index (χ3n) is 4.82. The average molecular weight is 384 g/mol. The van der Waals surface area contributed by atoms with Gasteiger partial charge in [-0.2, -0.15) is 18.3 Å². The van der Waals surface area contributed by atoms with Crippen LogP contribution in [0.3, 0.4) is 0 Å². The summed E-state index contributed by atoms with van der Waals surface area (Å²) in [6.07, 6.45) is -3.39. The van der Waals surface area contributed by atoms with E-state index in [1.165, 1.54) is 25.3 Å². The van der Waals surface area contributed by atoms with Crippen LogP contribution >= 0.6 is 0 Å². The number of carbonyl (C=O) groups excluding carboxylic acids is 1. The lowest BCUT2D eigenvalue weighted by Gasteiger charge is -2.38. The SMILES string of the molecule is COC(=O)N1CC[C@@H](c2cc(=O)[nH]o2)C[C@H]1Cc1ccc(C(F)(F)F)cc1. The number of nitrogens with one attached hydrogen (secondary N) is 1. The van der Waals surface area contributed by atoms with Crippen molar-refractivity contribution in [2.45, 2.75) is 37.4 Å². The molecule has 2 aromatic rings. The summed E-state index contributed by atoms with van der Waals surface area (Å²) in [7, 11) is 1.29. The molecule has 3 rings (SSSR count). The zero-order chi connectivity index (χ0) is 19.6. The second kappa shape index (κ2) is 7.50. The highest BCUT2D eigenvalue weighted by atomic mass is 19.4. The molecule has 1 N–H and O–H groups in total. The summed E-state index contributed by atoms with van der Waals surface area (Å²) in [5.74, 6) is 0.450. The minimum atomic E-state index is -4.39. The number of H-pyrrole nitrogens is 1. The first-order valence-corrected chi connectivity index (χ1v) is 8.47. The van der Waals surface area contributed by atoms with Crippen LogP contribution in [0.5, 0.6) is 0 Å². The maximum Gasteiger partial charge on any atom is 0.416 e. The Morgan fingerprint density at radius 1 is 1.33 bits per heavy atom. The van der Waals surface area contributed by atoms with E-state index in [2.05, 4.69) is 5.16 Å². The van der Waals surface area contributed by atoms with Gasteiger partial charge in [-0.15, -0.1) is 0 Å². The highest BCUT2D eigenvalue weighted by molar-refractivity contribution is 5.68. The Hall–Kier alpha value is -2.71. The van der Waals surface area contributed by atoms with Gasteiger partial charge in [0, 0.05) is 24.6 Å². The summed E-state index contributed by atoms with van der Waals surface area (Å²) < 4.78 is 48.2. The molecule has 1 aromatic carbocycles. The number of amides is 1. The van der Waals surface area contributed by atoms with Gasteiger partial charge in [0.1, 0.15) is 5.76 Å². The number of hydrogen-bond donors (Lipinski definition) is 1. The molecule has 0 saturated carbocycles. The average Bonchev–Trinajstić information content (AvgIpc) is 3.07. The van der Waals surface area contributed by atoms with Crippen LogP contribution in [-0.4, -0.2) is 35.8 Å². The van der Waals surface area contributed by atoms with E-state index in [-0.39, 0.29) is 17.5 Å². The van der Waals surface area contributed by atoms with Crippen LogP contribution in [0.15, 0.2) is 39.6 Å². The lowest BCUT2D eigenvalue weighted by molar-refractivity contribution is -0.137. The second-order valence-corrected chi connectivity index (χ2v) is 6.55. The summed E-state index contributed by atoms with van der Waals surface area (Å²) in [4.78, 5) is 25.0. The molecule has 9 heteroatoms. The molecule has 2 heterocycles. The number of aromatic nitrogens is 1. The standard InChI is InChI=1S/C18H19F3N2O4/c1-26-17(25)23-7-6-12(15-10-16(24)22-27-15)9-14(23)8-11-2-4-13(5-3-11)18(19,20)21/h2-5,10,12,14H,6-9H2,1H3,(H,22,24)/t12-,14-/m1/s1. The molecule has 1 amide bonds. The van der Waals surface area contributed by atoms with Crippen LogP contribution in [0.4, 0.5) is 18.0 Å². The van der Waals surface area contributed by atoms with Gasteiger partial charge in [0.05, 0.1) is 12.7 Å². The van der Waals surface area contributed by atoms with Crippen LogP contribution in [0.1, 0.15) is 35.6 Å². The second-order valence-electron chi connectivity index (χ2n) is 6.55. The first kappa shape index (κ1) is 19.1. The molecular formula is C18H19F3N2O4. The van der Waals surface area contributed by atoms with E-state index in [0.29, 0.717) is 37.1 Å². The largest absolute Gasteiger partial charge is 0.453 e. The van der Waals surface area contributed by atoms with E-state index >= 15 is 0 Å². The smallest absolute Gasteiger partial charge is 0.416 e. The monoisotopic (exact) mass is 384 g/mol. The fourth-order valence-electron chi connectivity index (χ4n) is 3.46. The highest BCUT2D eigenvalue weighted by Gasteiger charge is 2.35. The molecule has 0 bridgehead atoms. The molecule has 146 valence electrons. The van der Waals surface area contributed by atoms with Crippen LogP contribution in [-0.2, 0) is 17.3 Å². The number of nitrogens with zero attached hydrogens (tertiary/aromatic N) is 1. The van der Waals surface area contributed by atoms with Gasteiger partial charge in [0.25, 0.3) is 5.56 Å². The van der Waals surface area contributed by atoms with E-state index in [0.717, 1.165) is 12.1 Å². The number of methoxy groups -OCH3 is 1. The molecule has 27 heavy (non-hydrogen) atoms. The molecule has 1 aromatic heterocycles. The molecular weight excluding hydrogens is 365 g/mol. The van der Waals surface area contributed by atoms with E-state index in [4.69, 9.17) is 9.26 Å². The zero-order valence-electron chi connectivity index (χ0n) is 14.6. The number of likely N-dealkylation sites (tertiary alicyclic amines) is 1. The molecule has 1 aliphatic heterocycles. The lowest BCUT2D eigenvalue weighted by Crippen LogP contribution is -2.46. The normalized spacial score (nSPS) is 20.5.